The fourth-order valence-corrected chi connectivity index (χ4v) is 3.07. The van der Waals surface area contributed by atoms with Gasteiger partial charge in [0, 0.05) is 37.4 Å². The number of hydrogen-bond donors (Lipinski definition) is 0. The molecule has 1 amide bonds. The summed E-state index contributed by atoms with van der Waals surface area (Å²) in [7, 11) is 0. The van der Waals surface area contributed by atoms with Crippen LogP contribution in [0.1, 0.15) is 38.5 Å². The number of benzene rings is 1. The maximum atomic E-state index is 11.9. The second kappa shape index (κ2) is 5.64. The van der Waals surface area contributed by atoms with Gasteiger partial charge in [0.1, 0.15) is 0 Å². The van der Waals surface area contributed by atoms with Gasteiger partial charge in [-0.3, -0.25) is 4.79 Å². The lowest BCUT2D eigenvalue weighted by atomic mass is 10.1. The van der Waals surface area contributed by atoms with Crippen LogP contribution in [-0.2, 0) is 4.79 Å². The molecule has 1 aromatic carbocycles. The number of piperidine rings is 2. The van der Waals surface area contributed by atoms with Gasteiger partial charge in [-0.15, -0.1) is 0 Å². The third kappa shape index (κ3) is 2.75. The molecule has 3 heteroatoms. The van der Waals surface area contributed by atoms with Crippen molar-refractivity contribution in [2.75, 3.05) is 29.4 Å². The molecule has 1 aromatic rings. The molecular formula is C16H22N2O. The fourth-order valence-electron chi connectivity index (χ4n) is 3.07. The van der Waals surface area contributed by atoms with Gasteiger partial charge >= 0.3 is 0 Å². The van der Waals surface area contributed by atoms with E-state index in [4.69, 9.17) is 0 Å². The van der Waals surface area contributed by atoms with E-state index in [1.807, 2.05) is 4.90 Å². The summed E-state index contributed by atoms with van der Waals surface area (Å²) in [6, 6.07) is 8.55. The first-order valence-corrected chi connectivity index (χ1v) is 7.50. The van der Waals surface area contributed by atoms with Gasteiger partial charge in [0.15, 0.2) is 0 Å². The van der Waals surface area contributed by atoms with Crippen molar-refractivity contribution in [3.63, 3.8) is 0 Å². The molecule has 0 radical (unpaired) electrons. The van der Waals surface area contributed by atoms with Gasteiger partial charge in [-0.25, -0.2) is 0 Å². The highest BCUT2D eigenvalue weighted by atomic mass is 16.2. The van der Waals surface area contributed by atoms with E-state index >= 15 is 0 Å². The number of carbonyl (C=O) groups excluding carboxylic acids is 1. The number of rotatable bonds is 2. The van der Waals surface area contributed by atoms with Crippen molar-refractivity contribution in [2.45, 2.75) is 38.5 Å². The molecule has 19 heavy (non-hydrogen) atoms. The Bertz CT molecular complexity index is 435. The molecule has 2 aliphatic rings. The number of hydrogen-bond acceptors (Lipinski definition) is 2. The summed E-state index contributed by atoms with van der Waals surface area (Å²) in [4.78, 5) is 16.3. The average molecular weight is 258 g/mol. The summed E-state index contributed by atoms with van der Waals surface area (Å²) in [6.45, 7) is 3.21. The second-order valence-corrected chi connectivity index (χ2v) is 5.57. The molecular weight excluding hydrogens is 236 g/mol. The van der Waals surface area contributed by atoms with E-state index in [0.29, 0.717) is 6.42 Å². The SMILES string of the molecule is O=C1CCCCN1c1ccc(N2CCCCC2)cc1. The summed E-state index contributed by atoms with van der Waals surface area (Å²) < 4.78 is 0. The van der Waals surface area contributed by atoms with Crippen molar-refractivity contribution in [2.24, 2.45) is 0 Å². The molecule has 2 heterocycles. The fraction of sp³-hybridized carbons (Fsp3) is 0.562. The average Bonchev–Trinajstić information content (AvgIpc) is 2.49. The van der Waals surface area contributed by atoms with Crippen LogP contribution in [0.3, 0.4) is 0 Å². The van der Waals surface area contributed by atoms with Crippen LogP contribution in [0.4, 0.5) is 11.4 Å². The molecule has 2 saturated heterocycles. The Labute approximate surface area is 115 Å². The monoisotopic (exact) mass is 258 g/mol. The summed E-state index contributed by atoms with van der Waals surface area (Å²) in [5.41, 5.74) is 2.36. The first-order chi connectivity index (χ1) is 9.34. The number of anilines is 2. The minimum absolute atomic E-state index is 0.275. The smallest absolute Gasteiger partial charge is 0.226 e. The summed E-state index contributed by atoms with van der Waals surface area (Å²) in [5, 5.41) is 0. The van der Waals surface area contributed by atoms with E-state index in [1.165, 1.54) is 38.0 Å². The molecule has 0 unspecified atom stereocenters. The van der Waals surface area contributed by atoms with Crippen LogP contribution < -0.4 is 9.80 Å². The van der Waals surface area contributed by atoms with Gasteiger partial charge in [-0.2, -0.15) is 0 Å². The van der Waals surface area contributed by atoms with E-state index in [1.54, 1.807) is 0 Å². The molecule has 3 rings (SSSR count). The van der Waals surface area contributed by atoms with Crippen molar-refractivity contribution < 1.29 is 4.79 Å². The van der Waals surface area contributed by atoms with Gasteiger partial charge in [0.2, 0.25) is 5.91 Å². The number of amides is 1. The molecule has 3 nitrogen and oxygen atoms in total. The molecule has 2 aliphatic heterocycles. The highest BCUT2D eigenvalue weighted by Gasteiger charge is 2.19. The topological polar surface area (TPSA) is 23.6 Å². The van der Waals surface area contributed by atoms with Crippen LogP contribution >= 0.6 is 0 Å². The molecule has 0 spiro atoms. The predicted molar refractivity (Wildman–Crippen MR) is 78.7 cm³/mol. The van der Waals surface area contributed by atoms with Gasteiger partial charge < -0.3 is 9.80 Å². The normalized spacial score (nSPS) is 20.7. The Morgan fingerprint density at radius 2 is 1.37 bits per heavy atom. The van der Waals surface area contributed by atoms with Crippen molar-refractivity contribution in [1.82, 2.24) is 0 Å². The largest absolute Gasteiger partial charge is 0.372 e. The third-order valence-corrected chi connectivity index (χ3v) is 4.21. The summed E-state index contributed by atoms with van der Waals surface area (Å²) >= 11 is 0. The zero-order chi connectivity index (χ0) is 13.1. The third-order valence-electron chi connectivity index (χ3n) is 4.21. The molecule has 0 saturated carbocycles. The zero-order valence-electron chi connectivity index (χ0n) is 11.5. The van der Waals surface area contributed by atoms with Crippen LogP contribution in [0.25, 0.3) is 0 Å². The maximum absolute atomic E-state index is 11.9. The maximum Gasteiger partial charge on any atom is 0.226 e. The highest BCUT2D eigenvalue weighted by molar-refractivity contribution is 5.94. The van der Waals surface area contributed by atoms with Crippen LogP contribution in [0.2, 0.25) is 0 Å². The minimum Gasteiger partial charge on any atom is -0.372 e. The lowest BCUT2D eigenvalue weighted by molar-refractivity contribution is -0.119. The van der Waals surface area contributed by atoms with Gasteiger partial charge in [0.25, 0.3) is 0 Å². The van der Waals surface area contributed by atoms with E-state index in [2.05, 4.69) is 29.2 Å². The molecule has 102 valence electrons. The zero-order valence-corrected chi connectivity index (χ0v) is 11.5. The van der Waals surface area contributed by atoms with Gasteiger partial charge in [-0.05, 0) is 56.4 Å². The first kappa shape index (κ1) is 12.5. The van der Waals surface area contributed by atoms with Crippen LogP contribution in [0, 0.1) is 0 Å². The minimum atomic E-state index is 0.275. The molecule has 0 N–H and O–H groups in total. The number of carbonyl (C=O) groups is 1. The van der Waals surface area contributed by atoms with Crippen molar-refractivity contribution in [3.05, 3.63) is 24.3 Å². The van der Waals surface area contributed by atoms with Gasteiger partial charge in [0.05, 0.1) is 0 Å². The molecule has 0 bridgehead atoms. The Kier molecular flexibility index (Phi) is 3.72. The Balaban J connectivity index is 1.72. The van der Waals surface area contributed by atoms with E-state index in [9.17, 15) is 4.79 Å². The van der Waals surface area contributed by atoms with E-state index < -0.39 is 0 Å². The Hall–Kier alpha value is -1.51. The first-order valence-electron chi connectivity index (χ1n) is 7.50. The second-order valence-electron chi connectivity index (χ2n) is 5.57. The van der Waals surface area contributed by atoms with Crippen LogP contribution in [0.5, 0.6) is 0 Å². The highest BCUT2D eigenvalue weighted by Crippen LogP contribution is 2.25. The lowest BCUT2D eigenvalue weighted by Crippen LogP contribution is -2.35. The van der Waals surface area contributed by atoms with Crippen LogP contribution in [0.15, 0.2) is 24.3 Å². The quantitative estimate of drug-likeness (QED) is 0.813. The van der Waals surface area contributed by atoms with Crippen molar-refractivity contribution >= 4 is 17.3 Å². The van der Waals surface area contributed by atoms with Crippen LogP contribution in [-0.4, -0.2) is 25.5 Å². The van der Waals surface area contributed by atoms with E-state index in [-0.39, 0.29) is 5.91 Å². The van der Waals surface area contributed by atoms with Gasteiger partial charge in [-0.1, -0.05) is 0 Å². The Morgan fingerprint density at radius 1 is 0.737 bits per heavy atom. The summed E-state index contributed by atoms with van der Waals surface area (Å²) in [6.07, 6.45) is 6.82. The molecule has 0 atom stereocenters. The summed E-state index contributed by atoms with van der Waals surface area (Å²) in [5.74, 6) is 0.275. The van der Waals surface area contributed by atoms with Crippen molar-refractivity contribution in [3.8, 4) is 0 Å². The number of nitrogens with zero attached hydrogens (tertiary/aromatic N) is 2. The lowest BCUT2D eigenvalue weighted by Gasteiger charge is -2.30. The molecule has 0 aromatic heterocycles. The predicted octanol–water partition coefficient (Wildman–Crippen LogP) is 3.19. The van der Waals surface area contributed by atoms with E-state index in [0.717, 1.165) is 25.1 Å². The molecule has 2 fully saturated rings. The standard InChI is InChI=1S/C16H22N2O/c19-16-6-2-5-13-18(16)15-9-7-14(8-10-15)17-11-3-1-4-12-17/h7-10H,1-6,11-13H2. The van der Waals surface area contributed by atoms with Crippen molar-refractivity contribution in [1.29, 1.82) is 0 Å². The molecule has 0 aliphatic carbocycles. The Morgan fingerprint density at radius 3 is 2.05 bits per heavy atom.